The predicted octanol–water partition coefficient (Wildman–Crippen LogP) is 2.36. The van der Waals surface area contributed by atoms with Crippen LogP contribution in [0.15, 0.2) is 24.3 Å². The van der Waals surface area contributed by atoms with Crippen molar-refractivity contribution < 1.29 is 14.6 Å². The van der Waals surface area contributed by atoms with Crippen molar-refractivity contribution in [2.45, 2.75) is 39.9 Å². The Morgan fingerprint density at radius 3 is 2.45 bits per heavy atom. The van der Waals surface area contributed by atoms with Crippen LogP contribution in [0, 0.1) is 5.92 Å². The van der Waals surface area contributed by atoms with Gasteiger partial charge in [-0.2, -0.15) is 0 Å². The van der Waals surface area contributed by atoms with Crippen molar-refractivity contribution in [1.29, 1.82) is 0 Å². The highest BCUT2D eigenvalue weighted by Crippen LogP contribution is 2.07. The second kappa shape index (κ2) is 8.72. The van der Waals surface area contributed by atoms with Crippen LogP contribution in [0.25, 0.3) is 0 Å². The molecule has 1 rings (SSSR count). The van der Waals surface area contributed by atoms with E-state index in [1.807, 2.05) is 45.0 Å². The van der Waals surface area contributed by atoms with E-state index in [9.17, 15) is 4.79 Å². The van der Waals surface area contributed by atoms with Gasteiger partial charge >= 0.3 is 0 Å². The minimum Gasteiger partial charge on any atom is -0.396 e. The lowest BCUT2D eigenvalue weighted by atomic mass is 10.1. The lowest BCUT2D eigenvalue weighted by Gasteiger charge is -2.11. The zero-order valence-electron chi connectivity index (χ0n) is 12.6. The van der Waals surface area contributed by atoms with E-state index in [0.29, 0.717) is 25.1 Å². The van der Waals surface area contributed by atoms with Gasteiger partial charge in [-0.1, -0.05) is 19.1 Å². The first-order valence-corrected chi connectivity index (χ1v) is 7.12. The lowest BCUT2D eigenvalue weighted by Crippen LogP contribution is -2.28. The van der Waals surface area contributed by atoms with Gasteiger partial charge in [0.1, 0.15) is 0 Å². The molecular weight excluding hydrogens is 254 g/mol. The number of aliphatic hydroxyl groups excluding tert-OH is 1. The van der Waals surface area contributed by atoms with Crippen LogP contribution in [0.2, 0.25) is 0 Å². The molecule has 0 saturated carbocycles. The van der Waals surface area contributed by atoms with E-state index in [2.05, 4.69) is 5.32 Å². The molecule has 0 aliphatic heterocycles. The topological polar surface area (TPSA) is 58.6 Å². The molecule has 1 aromatic carbocycles. The fourth-order valence-electron chi connectivity index (χ4n) is 1.71. The van der Waals surface area contributed by atoms with Gasteiger partial charge in [-0.3, -0.25) is 4.79 Å². The van der Waals surface area contributed by atoms with Crippen molar-refractivity contribution >= 4 is 5.91 Å². The first kappa shape index (κ1) is 16.7. The van der Waals surface area contributed by atoms with Crippen LogP contribution in [0.1, 0.15) is 43.1 Å². The summed E-state index contributed by atoms with van der Waals surface area (Å²) in [4.78, 5) is 11.9. The Hall–Kier alpha value is -1.39. The SMILES string of the molecule is CC(CCO)CNC(=O)c1ccc(COC(C)C)cc1. The van der Waals surface area contributed by atoms with Gasteiger partial charge in [0, 0.05) is 18.7 Å². The number of ether oxygens (including phenoxy) is 1. The van der Waals surface area contributed by atoms with Crippen molar-refractivity contribution in [3.8, 4) is 0 Å². The molecule has 1 atom stereocenters. The largest absolute Gasteiger partial charge is 0.396 e. The molecule has 2 N–H and O–H groups in total. The van der Waals surface area contributed by atoms with Gasteiger partial charge < -0.3 is 15.2 Å². The fourth-order valence-corrected chi connectivity index (χ4v) is 1.71. The van der Waals surface area contributed by atoms with Crippen molar-refractivity contribution in [3.63, 3.8) is 0 Å². The molecule has 0 aromatic heterocycles. The number of hydrogen-bond donors (Lipinski definition) is 2. The third-order valence-corrected chi connectivity index (χ3v) is 3.03. The van der Waals surface area contributed by atoms with E-state index < -0.39 is 0 Å². The molecule has 0 heterocycles. The minimum absolute atomic E-state index is 0.0777. The second-order valence-electron chi connectivity index (χ2n) is 5.38. The number of nitrogens with one attached hydrogen (secondary N) is 1. The Balaban J connectivity index is 2.45. The first-order chi connectivity index (χ1) is 9.52. The highest BCUT2D eigenvalue weighted by Gasteiger charge is 2.07. The maximum atomic E-state index is 11.9. The summed E-state index contributed by atoms with van der Waals surface area (Å²) in [5, 5.41) is 11.7. The number of amides is 1. The van der Waals surface area contributed by atoms with Gasteiger partial charge in [-0.15, -0.1) is 0 Å². The predicted molar refractivity (Wildman–Crippen MR) is 79.6 cm³/mol. The van der Waals surface area contributed by atoms with Gasteiger partial charge in [0.05, 0.1) is 12.7 Å². The monoisotopic (exact) mass is 279 g/mol. The standard InChI is InChI=1S/C16H25NO3/c1-12(2)20-11-14-4-6-15(7-5-14)16(19)17-10-13(3)8-9-18/h4-7,12-13,18H,8-11H2,1-3H3,(H,17,19). The van der Waals surface area contributed by atoms with Gasteiger partial charge in [0.25, 0.3) is 5.91 Å². The van der Waals surface area contributed by atoms with E-state index in [4.69, 9.17) is 9.84 Å². The number of aliphatic hydroxyl groups is 1. The van der Waals surface area contributed by atoms with E-state index in [1.54, 1.807) is 0 Å². The Morgan fingerprint density at radius 2 is 1.90 bits per heavy atom. The van der Waals surface area contributed by atoms with Crippen LogP contribution in [0.4, 0.5) is 0 Å². The van der Waals surface area contributed by atoms with Crippen molar-refractivity contribution in [3.05, 3.63) is 35.4 Å². The fraction of sp³-hybridized carbons (Fsp3) is 0.562. The maximum Gasteiger partial charge on any atom is 0.251 e. The molecule has 112 valence electrons. The molecule has 0 bridgehead atoms. The van der Waals surface area contributed by atoms with E-state index in [-0.39, 0.29) is 24.5 Å². The Morgan fingerprint density at radius 1 is 1.25 bits per heavy atom. The highest BCUT2D eigenvalue weighted by molar-refractivity contribution is 5.94. The summed E-state index contributed by atoms with van der Waals surface area (Å²) in [7, 11) is 0. The maximum absolute atomic E-state index is 11.9. The zero-order valence-corrected chi connectivity index (χ0v) is 12.6. The molecule has 4 heteroatoms. The third kappa shape index (κ3) is 6.17. The molecule has 0 spiro atoms. The van der Waals surface area contributed by atoms with E-state index in [1.165, 1.54) is 0 Å². The summed E-state index contributed by atoms with van der Waals surface area (Å²) >= 11 is 0. The van der Waals surface area contributed by atoms with Crippen LogP contribution in [0.3, 0.4) is 0 Å². The molecule has 1 amide bonds. The summed E-state index contributed by atoms with van der Waals surface area (Å²) in [5.74, 6) is 0.203. The smallest absolute Gasteiger partial charge is 0.251 e. The van der Waals surface area contributed by atoms with Crippen LogP contribution in [-0.2, 0) is 11.3 Å². The van der Waals surface area contributed by atoms with Crippen molar-refractivity contribution in [2.24, 2.45) is 5.92 Å². The lowest BCUT2D eigenvalue weighted by molar-refractivity contribution is 0.0657. The Labute approximate surface area is 121 Å². The molecule has 4 nitrogen and oxygen atoms in total. The van der Waals surface area contributed by atoms with Crippen molar-refractivity contribution in [2.75, 3.05) is 13.2 Å². The Bertz CT molecular complexity index is 401. The van der Waals surface area contributed by atoms with Crippen LogP contribution in [0.5, 0.6) is 0 Å². The molecule has 20 heavy (non-hydrogen) atoms. The summed E-state index contributed by atoms with van der Waals surface area (Å²) in [6.45, 7) is 7.29. The first-order valence-electron chi connectivity index (χ1n) is 7.12. The zero-order chi connectivity index (χ0) is 15.0. The molecule has 0 radical (unpaired) electrons. The van der Waals surface area contributed by atoms with E-state index in [0.717, 1.165) is 5.56 Å². The van der Waals surface area contributed by atoms with Crippen LogP contribution < -0.4 is 5.32 Å². The number of carbonyl (C=O) groups excluding carboxylic acids is 1. The molecule has 0 aliphatic carbocycles. The van der Waals surface area contributed by atoms with Crippen molar-refractivity contribution in [1.82, 2.24) is 5.32 Å². The van der Waals surface area contributed by atoms with Crippen LogP contribution >= 0.6 is 0 Å². The third-order valence-electron chi connectivity index (χ3n) is 3.03. The molecule has 0 aliphatic rings. The normalized spacial score (nSPS) is 12.4. The average molecular weight is 279 g/mol. The number of hydrogen-bond acceptors (Lipinski definition) is 3. The summed E-state index contributed by atoms with van der Waals surface area (Å²) < 4.78 is 5.51. The Kier molecular flexibility index (Phi) is 7.26. The number of rotatable bonds is 8. The van der Waals surface area contributed by atoms with Gasteiger partial charge in [0.15, 0.2) is 0 Å². The summed E-state index contributed by atoms with van der Waals surface area (Å²) in [6.07, 6.45) is 0.900. The van der Waals surface area contributed by atoms with Crippen LogP contribution in [-0.4, -0.2) is 30.3 Å². The van der Waals surface area contributed by atoms with Gasteiger partial charge in [-0.05, 0) is 43.9 Å². The molecule has 1 aromatic rings. The van der Waals surface area contributed by atoms with Gasteiger partial charge in [0.2, 0.25) is 0 Å². The number of carbonyl (C=O) groups is 1. The number of benzene rings is 1. The molecular formula is C16H25NO3. The van der Waals surface area contributed by atoms with E-state index >= 15 is 0 Å². The summed E-state index contributed by atoms with van der Waals surface area (Å²) in [5.41, 5.74) is 1.71. The second-order valence-corrected chi connectivity index (χ2v) is 5.38. The summed E-state index contributed by atoms with van der Waals surface area (Å²) in [6, 6.07) is 7.44. The molecule has 1 unspecified atom stereocenters. The average Bonchev–Trinajstić information content (AvgIpc) is 2.43. The van der Waals surface area contributed by atoms with Gasteiger partial charge in [-0.25, -0.2) is 0 Å². The minimum atomic E-state index is -0.0777. The molecule has 0 saturated heterocycles. The molecule has 0 fully saturated rings. The highest BCUT2D eigenvalue weighted by atomic mass is 16.5. The quantitative estimate of drug-likeness (QED) is 0.768.